The molecule has 1 amide bonds. The number of aliphatic hydroxyl groups excluding tert-OH is 1. The smallest absolute Gasteiger partial charge is 0.227 e. The second-order valence-corrected chi connectivity index (χ2v) is 4.14. The van der Waals surface area contributed by atoms with Crippen LogP contribution in [0.5, 0.6) is 0 Å². The van der Waals surface area contributed by atoms with Gasteiger partial charge in [-0.25, -0.2) is 0 Å². The molecule has 1 atom stereocenters. The number of hydrogen-bond donors (Lipinski definition) is 2. The highest BCUT2D eigenvalue weighted by Crippen LogP contribution is 2.07. The SMILES string of the molecule is CSCC(O)CC(=O)Nc1ccccc1. The lowest BCUT2D eigenvalue weighted by Gasteiger charge is -2.09. The summed E-state index contributed by atoms with van der Waals surface area (Å²) in [5.74, 6) is 0.435. The molecule has 82 valence electrons. The van der Waals surface area contributed by atoms with Crippen molar-refractivity contribution in [3.63, 3.8) is 0 Å². The molecule has 2 N–H and O–H groups in total. The van der Waals surface area contributed by atoms with E-state index < -0.39 is 6.10 Å². The molecule has 0 aliphatic carbocycles. The number of carbonyl (C=O) groups is 1. The third kappa shape index (κ3) is 4.85. The molecule has 0 spiro atoms. The summed E-state index contributed by atoms with van der Waals surface area (Å²) in [6.07, 6.45) is 1.48. The second kappa shape index (κ2) is 6.48. The lowest BCUT2D eigenvalue weighted by molar-refractivity contribution is -0.117. The highest BCUT2D eigenvalue weighted by molar-refractivity contribution is 7.98. The van der Waals surface area contributed by atoms with Crippen LogP contribution in [-0.2, 0) is 4.79 Å². The first kappa shape index (κ1) is 12.1. The normalized spacial score (nSPS) is 12.1. The van der Waals surface area contributed by atoms with Crippen LogP contribution >= 0.6 is 11.8 Å². The second-order valence-electron chi connectivity index (χ2n) is 3.23. The number of anilines is 1. The molecule has 3 nitrogen and oxygen atoms in total. The molecule has 15 heavy (non-hydrogen) atoms. The predicted octanol–water partition coefficient (Wildman–Crippen LogP) is 1.74. The Bertz CT molecular complexity index is 303. The standard InChI is InChI=1S/C11H15NO2S/c1-15-8-10(13)7-11(14)12-9-5-3-2-4-6-9/h2-6,10,13H,7-8H2,1H3,(H,12,14). The molecule has 0 saturated carbocycles. The average molecular weight is 225 g/mol. The average Bonchev–Trinajstić information content (AvgIpc) is 2.19. The van der Waals surface area contributed by atoms with Gasteiger partial charge in [0.25, 0.3) is 0 Å². The fourth-order valence-corrected chi connectivity index (χ4v) is 1.70. The zero-order valence-corrected chi connectivity index (χ0v) is 9.46. The summed E-state index contributed by atoms with van der Waals surface area (Å²) >= 11 is 1.53. The van der Waals surface area contributed by atoms with Gasteiger partial charge in [0, 0.05) is 11.4 Å². The maximum atomic E-state index is 11.4. The van der Waals surface area contributed by atoms with Crippen molar-refractivity contribution in [3.05, 3.63) is 30.3 Å². The number of nitrogens with one attached hydrogen (secondary N) is 1. The Morgan fingerprint density at radius 1 is 1.47 bits per heavy atom. The Morgan fingerprint density at radius 2 is 2.13 bits per heavy atom. The van der Waals surface area contributed by atoms with Crippen molar-refractivity contribution in [2.24, 2.45) is 0 Å². The van der Waals surface area contributed by atoms with Gasteiger partial charge in [-0.1, -0.05) is 18.2 Å². The van der Waals surface area contributed by atoms with Gasteiger partial charge in [0.1, 0.15) is 0 Å². The fraction of sp³-hybridized carbons (Fsp3) is 0.364. The molecule has 1 aromatic rings. The van der Waals surface area contributed by atoms with E-state index in [2.05, 4.69) is 5.32 Å². The molecule has 0 fully saturated rings. The molecule has 0 heterocycles. The largest absolute Gasteiger partial charge is 0.392 e. The molecular formula is C11H15NO2S. The van der Waals surface area contributed by atoms with Crippen molar-refractivity contribution in [2.75, 3.05) is 17.3 Å². The van der Waals surface area contributed by atoms with E-state index in [4.69, 9.17) is 0 Å². The van der Waals surface area contributed by atoms with Crippen molar-refractivity contribution >= 4 is 23.4 Å². The lowest BCUT2D eigenvalue weighted by atomic mass is 10.2. The van der Waals surface area contributed by atoms with Gasteiger partial charge in [-0.3, -0.25) is 4.79 Å². The van der Waals surface area contributed by atoms with Gasteiger partial charge in [-0.05, 0) is 18.4 Å². The van der Waals surface area contributed by atoms with Crippen LogP contribution in [0.25, 0.3) is 0 Å². The predicted molar refractivity (Wildman–Crippen MR) is 64.1 cm³/mol. The quantitative estimate of drug-likeness (QED) is 0.802. The monoisotopic (exact) mass is 225 g/mol. The molecule has 1 rings (SSSR count). The van der Waals surface area contributed by atoms with E-state index >= 15 is 0 Å². The van der Waals surface area contributed by atoms with Gasteiger partial charge in [0.2, 0.25) is 5.91 Å². The first-order valence-electron chi connectivity index (χ1n) is 4.74. The summed E-state index contributed by atoms with van der Waals surface area (Å²) in [6, 6.07) is 9.23. The van der Waals surface area contributed by atoms with Crippen molar-refractivity contribution in [3.8, 4) is 0 Å². The Balaban J connectivity index is 2.36. The van der Waals surface area contributed by atoms with Crippen LogP contribution in [0.1, 0.15) is 6.42 Å². The molecule has 1 aromatic carbocycles. The van der Waals surface area contributed by atoms with E-state index in [0.29, 0.717) is 5.75 Å². The minimum absolute atomic E-state index is 0.149. The van der Waals surface area contributed by atoms with E-state index in [1.54, 1.807) is 0 Å². The number of benzene rings is 1. The summed E-state index contributed by atoms with van der Waals surface area (Å²) in [4.78, 5) is 11.4. The fourth-order valence-electron chi connectivity index (χ4n) is 1.20. The highest BCUT2D eigenvalue weighted by atomic mass is 32.2. The van der Waals surface area contributed by atoms with E-state index in [1.165, 1.54) is 11.8 Å². The number of para-hydroxylation sites is 1. The Morgan fingerprint density at radius 3 is 2.73 bits per heavy atom. The molecule has 4 heteroatoms. The Kier molecular flexibility index (Phi) is 5.21. The zero-order valence-electron chi connectivity index (χ0n) is 8.64. The highest BCUT2D eigenvalue weighted by Gasteiger charge is 2.09. The van der Waals surface area contributed by atoms with Crippen LogP contribution in [0.2, 0.25) is 0 Å². The molecule has 0 radical (unpaired) electrons. The Labute approximate surface area is 93.9 Å². The maximum absolute atomic E-state index is 11.4. The van der Waals surface area contributed by atoms with Gasteiger partial charge in [0.15, 0.2) is 0 Å². The summed E-state index contributed by atoms with van der Waals surface area (Å²) in [5, 5.41) is 12.1. The maximum Gasteiger partial charge on any atom is 0.227 e. The van der Waals surface area contributed by atoms with Crippen molar-refractivity contribution in [2.45, 2.75) is 12.5 Å². The summed E-state index contributed by atoms with van der Waals surface area (Å²) in [5.41, 5.74) is 0.763. The minimum Gasteiger partial charge on any atom is -0.392 e. The first-order chi connectivity index (χ1) is 7.22. The van der Waals surface area contributed by atoms with Gasteiger partial charge in [0.05, 0.1) is 12.5 Å². The third-order valence-corrected chi connectivity index (χ3v) is 2.56. The summed E-state index contributed by atoms with van der Waals surface area (Å²) in [7, 11) is 0. The molecule has 0 saturated heterocycles. The van der Waals surface area contributed by atoms with Crippen molar-refractivity contribution in [1.82, 2.24) is 0 Å². The number of aliphatic hydroxyl groups is 1. The number of rotatable bonds is 5. The number of hydrogen-bond acceptors (Lipinski definition) is 3. The number of thioether (sulfide) groups is 1. The van der Waals surface area contributed by atoms with Crippen LogP contribution in [0, 0.1) is 0 Å². The zero-order chi connectivity index (χ0) is 11.1. The molecule has 0 aliphatic heterocycles. The van der Waals surface area contributed by atoms with Gasteiger partial charge >= 0.3 is 0 Å². The van der Waals surface area contributed by atoms with Crippen LogP contribution < -0.4 is 5.32 Å². The van der Waals surface area contributed by atoms with Crippen molar-refractivity contribution < 1.29 is 9.90 Å². The molecule has 0 bridgehead atoms. The van der Waals surface area contributed by atoms with Crippen LogP contribution in [-0.4, -0.2) is 29.1 Å². The lowest BCUT2D eigenvalue weighted by Crippen LogP contribution is -2.21. The third-order valence-electron chi connectivity index (χ3n) is 1.84. The van der Waals surface area contributed by atoms with Gasteiger partial charge in [-0.2, -0.15) is 11.8 Å². The van der Waals surface area contributed by atoms with Crippen LogP contribution in [0.3, 0.4) is 0 Å². The van der Waals surface area contributed by atoms with E-state index in [1.807, 2.05) is 36.6 Å². The number of amides is 1. The number of carbonyl (C=O) groups excluding carboxylic acids is 1. The summed E-state index contributed by atoms with van der Waals surface area (Å²) < 4.78 is 0. The van der Waals surface area contributed by atoms with Crippen LogP contribution in [0.4, 0.5) is 5.69 Å². The van der Waals surface area contributed by atoms with E-state index in [-0.39, 0.29) is 12.3 Å². The van der Waals surface area contributed by atoms with E-state index in [9.17, 15) is 9.90 Å². The molecule has 0 aromatic heterocycles. The van der Waals surface area contributed by atoms with Crippen molar-refractivity contribution in [1.29, 1.82) is 0 Å². The minimum atomic E-state index is -0.566. The van der Waals surface area contributed by atoms with Crippen LogP contribution in [0.15, 0.2) is 30.3 Å². The van der Waals surface area contributed by atoms with Gasteiger partial charge in [-0.15, -0.1) is 0 Å². The molecule has 0 aliphatic rings. The Hall–Kier alpha value is -1.00. The van der Waals surface area contributed by atoms with E-state index in [0.717, 1.165) is 5.69 Å². The topological polar surface area (TPSA) is 49.3 Å². The molecule has 1 unspecified atom stereocenters. The summed E-state index contributed by atoms with van der Waals surface area (Å²) in [6.45, 7) is 0. The van der Waals surface area contributed by atoms with Gasteiger partial charge < -0.3 is 10.4 Å². The first-order valence-corrected chi connectivity index (χ1v) is 6.13. The molecular weight excluding hydrogens is 210 g/mol.